The van der Waals surface area contributed by atoms with Crippen molar-refractivity contribution in [3.05, 3.63) is 35.5 Å². The van der Waals surface area contributed by atoms with Crippen LogP contribution in [-0.2, 0) is 9.59 Å². The predicted octanol–water partition coefficient (Wildman–Crippen LogP) is -0.250. The van der Waals surface area contributed by atoms with Crippen molar-refractivity contribution in [2.75, 3.05) is 7.05 Å². The number of likely N-dealkylation sites (N-methyl/N-ethyl adjacent to an activating group) is 1. The summed E-state index contributed by atoms with van der Waals surface area (Å²) in [6, 6.07) is 0. The first-order chi connectivity index (χ1) is 9.19. The molecule has 1 aromatic rings. The zero-order chi connectivity index (χ0) is 14.3. The molecule has 0 aliphatic heterocycles. The molecule has 19 heavy (non-hydrogen) atoms. The van der Waals surface area contributed by atoms with Gasteiger partial charge in [-0.2, -0.15) is 5.10 Å². The Labute approximate surface area is 111 Å². The van der Waals surface area contributed by atoms with Gasteiger partial charge in [0.2, 0.25) is 5.91 Å². The normalized spacial score (nSPS) is 12.6. The van der Waals surface area contributed by atoms with Gasteiger partial charge in [0.05, 0.1) is 11.6 Å². The minimum atomic E-state index is -0.486. The number of aromatic amines is 1. The number of amides is 1. The van der Waals surface area contributed by atoms with Crippen molar-refractivity contribution in [1.29, 1.82) is 0 Å². The third-order valence-electron chi connectivity index (χ3n) is 2.76. The Morgan fingerprint density at radius 3 is 2.89 bits per heavy atom. The predicted molar refractivity (Wildman–Crippen MR) is 73.6 cm³/mol. The van der Waals surface area contributed by atoms with E-state index in [2.05, 4.69) is 34.4 Å². The second kappa shape index (κ2) is 7.13. The highest BCUT2D eigenvalue weighted by atomic mass is 16.1. The Hall–Kier alpha value is -2.39. The average molecular weight is 259 g/mol. The van der Waals surface area contributed by atoms with E-state index in [-0.39, 0.29) is 5.91 Å². The quantitative estimate of drug-likeness (QED) is 0.692. The third kappa shape index (κ3) is 3.30. The molecule has 5 nitrogen and oxygen atoms in total. The summed E-state index contributed by atoms with van der Waals surface area (Å²) >= 11 is 0. The highest BCUT2D eigenvalue weighted by Gasteiger charge is 2.22. The first-order valence-corrected chi connectivity index (χ1v) is 5.91. The molecule has 1 unspecified atom stereocenters. The summed E-state index contributed by atoms with van der Waals surface area (Å²) in [5, 5.41) is 10.8. The molecule has 0 radical (unpaired) electrons. The first-order valence-electron chi connectivity index (χ1n) is 5.91. The Morgan fingerprint density at radius 2 is 2.37 bits per heavy atom. The van der Waals surface area contributed by atoms with E-state index in [1.54, 1.807) is 19.2 Å². The molecule has 100 valence electrons. The van der Waals surface area contributed by atoms with Gasteiger partial charge in [-0.05, 0) is 6.42 Å². The summed E-state index contributed by atoms with van der Waals surface area (Å²) in [6.07, 6.45) is 4.84. The van der Waals surface area contributed by atoms with Gasteiger partial charge < -0.3 is 10.1 Å². The molecule has 0 aliphatic carbocycles. The number of carbonyl (C=O) groups is 2. The molecule has 0 saturated carbocycles. The van der Waals surface area contributed by atoms with Gasteiger partial charge >= 0.3 is 0 Å². The molecule has 0 spiro atoms. The van der Waals surface area contributed by atoms with Gasteiger partial charge in [-0.25, -0.2) is 0 Å². The smallest absolute Gasteiger partial charge is 0.228 e. The number of carbonyl (C=O) groups excluding carboxylic acids is 2. The van der Waals surface area contributed by atoms with Crippen LogP contribution < -0.4 is 15.9 Å². The molecule has 2 N–H and O–H groups in total. The Morgan fingerprint density at radius 1 is 1.63 bits per heavy atom. The van der Waals surface area contributed by atoms with E-state index in [1.807, 2.05) is 0 Å². The Balaban J connectivity index is 3.38. The monoisotopic (exact) mass is 259 g/mol. The van der Waals surface area contributed by atoms with Gasteiger partial charge in [-0.1, -0.05) is 25.3 Å². The van der Waals surface area contributed by atoms with E-state index in [0.29, 0.717) is 23.9 Å². The lowest BCUT2D eigenvalue weighted by atomic mass is 9.97. The van der Waals surface area contributed by atoms with Crippen LogP contribution >= 0.6 is 0 Å². The van der Waals surface area contributed by atoms with Crippen LogP contribution in [0.1, 0.15) is 24.5 Å². The Bertz CT molecular complexity index is 609. The van der Waals surface area contributed by atoms with Gasteiger partial charge in [0.15, 0.2) is 0 Å². The van der Waals surface area contributed by atoms with Crippen molar-refractivity contribution in [1.82, 2.24) is 15.5 Å². The number of nitrogens with zero attached hydrogens (tertiary/aromatic N) is 1. The highest BCUT2D eigenvalue weighted by Crippen LogP contribution is 2.15. The molecule has 1 heterocycles. The average Bonchev–Trinajstić information content (AvgIpc) is 2.82. The number of nitrogens with one attached hydrogen (secondary N) is 2. The van der Waals surface area contributed by atoms with Crippen molar-refractivity contribution in [3.63, 3.8) is 0 Å². The van der Waals surface area contributed by atoms with Gasteiger partial charge in [0.25, 0.3) is 0 Å². The van der Waals surface area contributed by atoms with Crippen LogP contribution in [0.3, 0.4) is 0 Å². The van der Waals surface area contributed by atoms with Crippen molar-refractivity contribution in [2.24, 2.45) is 0 Å². The molecule has 0 fully saturated rings. The number of rotatable bonds is 6. The fourth-order valence-corrected chi connectivity index (χ4v) is 1.85. The molecular formula is C14H17N3O2. The van der Waals surface area contributed by atoms with E-state index < -0.39 is 5.92 Å². The van der Waals surface area contributed by atoms with E-state index in [4.69, 9.17) is 0 Å². The van der Waals surface area contributed by atoms with E-state index in [1.165, 1.54) is 0 Å². The van der Waals surface area contributed by atoms with E-state index in [9.17, 15) is 9.59 Å². The summed E-state index contributed by atoms with van der Waals surface area (Å²) in [7, 11) is 1.56. The minimum absolute atomic E-state index is 0.178. The third-order valence-corrected chi connectivity index (χ3v) is 2.76. The van der Waals surface area contributed by atoms with Gasteiger partial charge in [0.1, 0.15) is 11.6 Å². The van der Waals surface area contributed by atoms with E-state index >= 15 is 0 Å². The second-order valence-corrected chi connectivity index (χ2v) is 3.89. The molecular weight excluding hydrogens is 242 g/mol. The van der Waals surface area contributed by atoms with Crippen LogP contribution in [0.25, 0.3) is 11.8 Å². The van der Waals surface area contributed by atoms with Crippen LogP contribution in [0.4, 0.5) is 0 Å². The number of aromatic nitrogens is 2. The zero-order valence-electron chi connectivity index (χ0n) is 10.9. The number of aldehydes is 1. The fraction of sp³-hybridized carbons (Fsp3) is 0.286. The molecule has 1 atom stereocenters. The SMILES string of the molecule is C=C=c1[nH]nc(C(CCC=O)C(=O)NC)/c1=C/C=C. The van der Waals surface area contributed by atoms with Crippen molar-refractivity contribution >= 4 is 24.0 Å². The number of hydrogen-bond donors (Lipinski definition) is 2. The first kappa shape index (κ1) is 14.7. The number of H-pyrrole nitrogens is 1. The maximum atomic E-state index is 11.9. The van der Waals surface area contributed by atoms with Crippen LogP contribution in [-0.4, -0.2) is 29.4 Å². The molecule has 0 aliphatic rings. The summed E-state index contributed by atoms with van der Waals surface area (Å²) in [5.41, 5.74) is 3.30. The van der Waals surface area contributed by atoms with Crippen molar-refractivity contribution < 1.29 is 9.59 Å². The number of hydrogen-bond acceptors (Lipinski definition) is 3. The van der Waals surface area contributed by atoms with Crippen molar-refractivity contribution in [3.8, 4) is 0 Å². The molecule has 0 saturated heterocycles. The molecule has 0 aromatic carbocycles. The lowest BCUT2D eigenvalue weighted by Gasteiger charge is -2.11. The van der Waals surface area contributed by atoms with Crippen LogP contribution in [0.5, 0.6) is 0 Å². The van der Waals surface area contributed by atoms with Gasteiger partial charge in [0, 0.05) is 18.7 Å². The van der Waals surface area contributed by atoms with Crippen LogP contribution in [0.15, 0.2) is 19.2 Å². The van der Waals surface area contributed by atoms with Gasteiger partial charge in [-0.3, -0.25) is 9.89 Å². The lowest BCUT2D eigenvalue weighted by molar-refractivity contribution is -0.122. The summed E-state index contributed by atoms with van der Waals surface area (Å²) in [6.45, 7) is 7.20. The lowest BCUT2D eigenvalue weighted by Crippen LogP contribution is -2.32. The molecule has 5 heteroatoms. The highest BCUT2D eigenvalue weighted by molar-refractivity contribution is 5.83. The summed E-state index contributed by atoms with van der Waals surface area (Å²) < 4.78 is 0. The molecule has 1 rings (SSSR count). The maximum Gasteiger partial charge on any atom is 0.228 e. The Kier molecular flexibility index (Phi) is 5.51. The molecule has 1 amide bonds. The van der Waals surface area contributed by atoms with Crippen molar-refractivity contribution in [2.45, 2.75) is 18.8 Å². The second-order valence-electron chi connectivity index (χ2n) is 3.89. The fourth-order valence-electron chi connectivity index (χ4n) is 1.85. The van der Waals surface area contributed by atoms with Crippen LogP contribution in [0.2, 0.25) is 0 Å². The largest absolute Gasteiger partial charge is 0.359 e. The zero-order valence-corrected chi connectivity index (χ0v) is 10.9. The summed E-state index contributed by atoms with van der Waals surface area (Å²) in [5.74, 6) is -0.664. The standard InChI is InChI=1S/C14H17N3O2/c1-4-7-10-12(5-2)16-17-13(10)11(8-6-9-18)14(19)15-3/h4,7,9,11,16H,1-2,6,8H2,3H3,(H,15,19)/b10-7+. The molecule has 1 aromatic heterocycles. The maximum absolute atomic E-state index is 11.9. The van der Waals surface area contributed by atoms with Crippen LogP contribution in [0, 0.1) is 0 Å². The van der Waals surface area contributed by atoms with E-state index in [0.717, 1.165) is 11.5 Å². The minimum Gasteiger partial charge on any atom is -0.359 e. The van der Waals surface area contributed by atoms with Gasteiger partial charge in [-0.15, -0.1) is 5.73 Å². The summed E-state index contributed by atoms with van der Waals surface area (Å²) in [4.78, 5) is 22.4. The molecule has 0 bridgehead atoms. The topological polar surface area (TPSA) is 74.8 Å². The number of allylic oxidation sites excluding steroid dienone is 1.